The van der Waals surface area contributed by atoms with Crippen LogP contribution in [0.25, 0.3) is 10.1 Å². The van der Waals surface area contributed by atoms with Gasteiger partial charge in [-0.3, -0.25) is 4.79 Å². The third-order valence-corrected chi connectivity index (χ3v) is 8.49. The van der Waals surface area contributed by atoms with Crippen molar-refractivity contribution >= 4 is 27.2 Å². The lowest BCUT2D eigenvalue weighted by atomic mass is 9.90. The molecule has 0 fully saturated rings. The Kier molecular flexibility index (Phi) is 5.30. The number of benzene rings is 2. The van der Waals surface area contributed by atoms with Crippen LogP contribution < -0.4 is 0 Å². The van der Waals surface area contributed by atoms with Gasteiger partial charge in [0.05, 0.1) is 0 Å². The quantitative estimate of drug-likeness (QED) is 0.320. The zero-order valence-electron chi connectivity index (χ0n) is 17.3. The van der Waals surface area contributed by atoms with Crippen molar-refractivity contribution < 1.29 is 4.79 Å². The van der Waals surface area contributed by atoms with Crippen LogP contribution in [0, 0.1) is 5.92 Å². The smallest absolute Gasteiger partial charge is 0.147 e. The zero-order chi connectivity index (χ0) is 19.8. The van der Waals surface area contributed by atoms with Crippen LogP contribution in [0.4, 0.5) is 0 Å². The average Bonchev–Trinajstić information content (AvgIpc) is 3.11. The number of fused-ring (bicyclic) bond motifs is 4. The number of ketones is 1. The molecule has 3 aromatic rings. The largest absolute Gasteiger partial charge is 0.298 e. The van der Waals surface area contributed by atoms with Gasteiger partial charge in [-0.25, -0.2) is 0 Å². The molecule has 3 atom stereocenters. The van der Waals surface area contributed by atoms with Gasteiger partial charge in [0.2, 0.25) is 0 Å². The zero-order valence-corrected chi connectivity index (χ0v) is 18.1. The first-order valence-corrected chi connectivity index (χ1v) is 12.2. The van der Waals surface area contributed by atoms with Crippen molar-refractivity contribution in [3.8, 4) is 0 Å². The topological polar surface area (TPSA) is 17.1 Å². The molecule has 2 aliphatic rings. The molecular weight excluding hydrogens is 372 g/mol. The van der Waals surface area contributed by atoms with Crippen molar-refractivity contribution in [3.05, 3.63) is 70.1 Å². The van der Waals surface area contributed by atoms with Crippen LogP contribution in [-0.2, 0) is 17.6 Å². The summed E-state index contributed by atoms with van der Waals surface area (Å²) >= 11 is 2.02. The molecule has 2 aromatic carbocycles. The van der Waals surface area contributed by atoms with Crippen LogP contribution in [0.2, 0.25) is 0 Å². The Hall–Kier alpha value is -1.93. The molecule has 0 saturated heterocycles. The minimum absolute atomic E-state index is 0.0874. The van der Waals surface area contributed by atoms with E-state index in [2.05, 4.69) is 55.5 Å². The van der Waals surface area contributed by atoms with Crippen LogP contribution >= 0.6 is 11.3 Å². The fourth-order valence-corrected chi connectivity index (χ4v) is 7.04. The molecular formula is C27H30OS. The first-order valence-electron chi connectivity index (χ1n) is 11.3. The fraction of sp³-hybridized carbons (Fsp3) is 0.444. The summed E-state index contributed by atoms with van der Waals surface area (Å²) in [6.45, 7) is 2.08. The molecule has 29 heavy (non-hydrogen) atoms. The van der Waals surface area contributed by atoms with Gasteiger partial charge in [0, 0.05) is 21.4 Å². The van der Waals surface area contributed by atoms with Crippen molar-refractivity contribution in [1.82, 2.24) is 0 Å². The Morgan fingerprint density at radius 3 is 2.62 bits per heavy atom. The highest BCUT2D eigenvalue weighted by Crippen LogP contribution is 2.42. The van der Waals surface area contributed by atoms with E-state index in [0.29, 0.717) is 5.78 Å². The van der Waals surface area contributed by atoms with Gasteiger partial charge in [0.25, 0.3) is 0 Å². The molecule has 150 valence electrons. The van der Waals surface area contributed by atoms with Gasteiger partial charge in [-0.15, -0.1) is 11.3 Å². The molecule has 0 amide bonds. The van der Waals surface area contributed by atoms with Crippen molar-refractivity contribution in [2.45, 2.75) is 70.1 Å². The maximum Gasteiger partial charge on any atom is 0.147 e. The van der Waals surface area contributed by atoms with Gasteiger partial charge in [-0.2, -0.15) is 0 Å². The molecule has 3 unspecified atom stereocenters. The van der Waals surface area contributed by atoms with Gasteiger partial charge >= 0.3 is 0 Å². The molecule has 0 bridgehead atoms. The number of carbonyl (C=O) groups excluding carboxylic acids is 1. The summed E-state index contributed by atoms with van der Waals surface area (Å²) in [5.74, 6) is 1.49. The molecule has 0 N–H and O–H groups in total. The average molecular weight is 403 g/mol. The monoisotopic (exact) mass is 402 g/mol. The van der Waals surface area contributed by atoms with E-state index in [9.17, 15) is 4.79 Å². The van der Waals surface area contributed by atoms with E-state index in [-0.39, 0.29) is 11.8 Å². The van der Waals surface area contributed by atoms with Gasteiger partial charge in [0.15, 0.2) is 0 Å². The first-order chi connectivity index (χ1) is 14.2. The van der Waals surface area contributed by atoms with E-state index >= 15 is 0 Å². The number of rotatable bonds is 5. The molecule has 2 aliphatic carbocycles. The number of Topliss-reactive ketones (excluding diaryl/α,β-unsaturated/α-hetero) is 1. The van der Waals surface area contributed by atoms with Crippen molar-refractivity contribution in [3.63, 3.8) is 0 Å². The summed E-state index contributed by atoms with van der Waals surface area (Å²) in [5.41, 5.74) is 4.20. The maximum atomic E-state index is 12.7. The minimum Gasteiger partial charge on any atom is -0.298 e. The van der Waals surface area contributed by atoms with Gasteiger partial charge in [0.1, 0.15) is 5.78 Å². The van der Waals surface area contributed by atoms with Gasteiger partial charge in [-0.1, -0.05) is 68.7 Å². The Bertz CT molecular complexity index is 1030. The maximum absolute atomic E-state index is 12.7. The summed E-state index contributed by atoms with van der Waals surface area (Å²) in [6, 6.07) is 17.4. The second kappa shape index (κ2) is 8.07. The molecule has 1 aromatic heterocycles. The van der Waals surface area contributed by atoms with Crippen molar-refractivity contribution in [1.29, 1.82) is 0 Å². The summed E-state index contributed by atoms with van der Waals surface area (Å²) in [4.78, 5) is 14.4. The molecule has 1 nitrogen and oxygen atoms in total. The third-order valence-electron chi connectivity index (χ3n) is 7.26. The molecule has 5 rings (SSSR count). The highest BCUT2D eigenvalue weighted by Gasteiger charge is 2.35. The summed E-state index contributed by atoms with van der Waals surface area (Å²) in [7, 11) is 0. The molecule has 0 spiro atoms. The van der Waals surface area contributed by atoms with E-state index in [4.69, 9.17) is 0 Å². The van der Waals surface area contributed by atoms with Crippen LogP contribution in [0.15, 0.2) is 48.5 Å². The SMILES string of the molecule is CC1C(=O)C(CCCCC2CCCc3c(sc4ccccc34)C2)c2ccccc21. The van der Waals surface area contributed by atoms with E-state index in [1.54, 1.807) is 10.4 Å². The first kappa shape index (κ1) is 19.1. The van der Waals surface area contributed by atoms with Gasteiger partial charge < -0.3 is 0 Å². The third kappa shape index (κ3) is 3.57. The number of hydrogen-bond donors (Lipinski definition) is 0. The highest BCUT2D eigenvalue weighted by atomic mass is 32.1. The number of unbranched alkanes of at least 4 members (excludes halogenated alkanes) is 1. The Labute approximate surface area is 178 Å². The molecule has 1 heterocycles. The lowest BCUT2D eigenvalue weighted by Crippen LogP contribution is -2.09. The van der Waals surface area contributed by atoms with Crippen LogP contribution in [0.5, 0.6) is 0 Å². The lowest BCUT2D eigenvalue weighted by molar-refractivity contribution is -0.120. The lowest BCUT2D eigenvalue weighted by Gasteiger charge is -2.15. The number of carbonyl (C=O) groups is 1. The Morgan fingerprint density at radius 2 is 1.72 bits per heavy atom. The van der Waals surface area contributed by atoms with Crippen LogP contribution in [-0.4, -0.2) is 5.78 Å². The van der Waals surface area contributed by atoms with E-state index < -0.39 is 0 Å². The second-order valence-electron chi connectivity index (χ2n) is 9.05. The number of hydrogen-bond acceptors (Lipinski definition) is 2. The normalized spacial score (nSPS) is 23.8. The van der Waals surface area contributed by atoms with Crippen LogP contribution in [0.1, 0.15) is 78.9 Å². The molecule has 0 saturated carbocycles. The van der Waals surface area contributed by atoms with Crippen LogP contribution in [0.3, 0.4) is 0 Å². The molecule has 0 aliphatic heterocycles. The Morgan fingerprint density at radius 1 is 0.966 bits per heavy atom. The minimum atomic E-state index is 0.0874. The van der Waals surface area contributed by atoms with E-state index in [1.807, 2.05) is 11.3 Å². The fourth-order valence-electron chi connectivity index (χ4n) is 5.68. The summed E-state index contributed by atoms with van der Waals surface area (Å²) in [6.07, 6.45) is 9.96. The molecule has 0 radical (unpaired) electrons. The number of thiophene rings is 1. The predicted molar refractivity (Wildman–Crippen MR) is 123 cm³/mol. The van der Waals surface area contributed by atoms with Crippen molar-refractivity contribution in [2.24, 2.45) is 5.92 Å². The van der Waals surface area contributed by atoms with Gasteiger partial charge in [-0.05, 0) is 66.2 Å². The van der Waals surface area contributed by atoms with E-state index in [0.717, 1.165) is 12.3 Å². The van der Waals surface area contributed by atoms with E-state index in [1.165, 1.54) is 66.2 Å². The second-order valence-corrected chi connectivity index (χ2v) is 10.2. The highest BCUT2D eigenvalue weighted by molar-refractivity contribution is 7.19. The number of aryl methyl sites for hydroxylation is 1. The molecule has 2 heteroatoms. The Balaban J connectivity index is 1.19. The van der Waals surface area contributed by atoms with Crippen molar-refractivity contribution in [2.75, 3.05) is 0 Å². The summed E-state index contributed by atoms with van der Waals surface area (Å²) < 4.78 is 1.46. The summed E-state index contributed by atoms with van der Waals surface area (Å²) in [5, 5.41) is 1.50. The standard InChI is InChI=1S/C27H30OS/c1-18-20-11-4-5-12-21(20)24(27(18)28)14-3-2-9-19-10-8-15-23-22-13-6-7-16-25(22)29-26(23)17-19/h4-7,11-13,16,18-19,24H,2-3,8-10,14-15,17H2,1H3. The predicted octanol–water partition coefficient (Wildman–Crippen LogP) is 7.43.